The van der Waals surface area contributed by atoms with Crippen molar-refractivity contribution in [3.63, 3.8) is 0 Å². The van der Waals surface area contributed by atoms with Crippen LogP contribution in [-0.2, 0) is 13.2 Å². The minimum atomic E-state index is 0.274. The van der Waals surface area contributed by atoms with Crippen LogP contribution in [0, 0.1) is 0 Å². The Hall–Kier alpha value is -1.98. The number of rotatable bonds is 9. The molecule has 4 nitrogen and oxygen atoms in total. The zero-order chi connectivity index (χ0) is 19.8. The van der Waals surface area contributed by atoms with Crippen molar-refractivity contribution in [1.29, 1.82) is 0 Å². The Morgan fingerprint density at radius 3 is 2.46 bits per heavy atom. The molecule has 1 aromatic heterocycles. The average Bonchev–Trinajstić information content (AvgIpc) is 2.69. The molecule has 1 heterocycles. The SMILES string of the molecule is Clc1ccc(OCc2c(Cl)cccc2Cl)c(CNCCOc2ccccn2)c1. The number of pyridine rings is 1. The zero-order valence-corrected chi connectivity index (χ0v) is 17.3. The minimum Gasteiger partial charge on any atom is -0.488 e. The highest BCUT2D eigenvalue weighted by molar-refractivity contribution is 6.36. The Balaban J connectivity index is 1.55. The van der Waals surface area contributed by atoms with Gasteiger partial charge < -0.3 is 14.8 Å². The number of hydrogen-bond acceptors (Lipinski definition) is 4. The Labute approximate surface area is 179 Å². The van der Waals surface area contributed by atoms with Crippen molar-refractivity contribution in [1.82, 2.24) is 10.3 Å². The summed E-state index contributed by atoms with van der Waals surface area (Å²) < 4.78 is 11.5. The lowest BCUT2D eigenvalue weighted by atomic mass is 10.2. The van der Waals surface area contributed by atoms with Crippen LogP contribution in [0.3, 0.4) is 0 Å². The van der Waals surface area contributed by atoms with Gasteiger partial charge in [-0.2, -0.15) is 0 Å². The molecule has 0 fully saturated rings. The van der Waals surface area contributed by atoms with Crippen LogP contribution in [0.5, 0.6) is 11.6 Å². The third kappa shape index (κ3) is 6.01. The molecule has 0 aliphatic carbocycles. The van der Waals surface area contributed by atoms with Gasteiger partial charge in [0.1, 0.15) is 19.0 Å². The highest BCUT2D eigenvalue weighted by Crippen LogP contribution is 2.28. The van der Waals surface area contributed by atoms with E-state index in [2.05, 4.69) is 10.3 Å². The highest BCUT2D eigenvalue weighted by Gasteiger charge is 2.09. The largest absolute Gasteiger partial charge is 0.488 e. The lowest BCUT2D eigenvalue weighted by Gasteiger charge is -2.14. The smallest absolute Gasteiger partial charge is 0.213 e. The van der Waals surface area contributed by atoms with Crippen LogP contribution in [0.4, 0.5) is 0 Å². The molecular weight excluding hydrogens is 419 g/mol. The summed E-state index contributed by atoms with van der Waals surface area (Å²) in [6, 6.07) is 16.4. The van der Waals surface area contributed by atoms with E-state index in [1.54, 1.807) is 30.5 Å². The van der Waals surface area contributed by atoms with Gasteiger partial charge in [-0.05, 0) is 36.4 Å². The summed E-state index contributed by atoms with van der Waals surface area (Å²) in [7, 11) is 0. The standard InChI is InChI=1S/C21H19Cl3N2O2/c22-16-7-8-20(28-14-17-18(23)4-3-5-19(17)24)15(12-16)13-25-10-11-27-21-6-1-2-9-26-21/h1-9,12,25H,10-11,13-14H2. The van der Waals surface area contributed by atoms with Gasteiger partial charge in [0.25, 0.3) is 0 Å². The second-order valence-corrected chi connectivity index (χ2v) is 7.18. The van der Waals surface area contributed by atoms with Crippen LogP contribution in [-0.4, -0.2) is 18.1 Å². The summed E-state index contributed by atoms with van der Waals surface area (Å²) in [5.74, 6) is 1.33. The molecule has 0 unspecified atom stereocenters. The van der Waals surface area contributed by atoms with Gasteiger partial charge in [-0.15, -0.1) is 0 Å². The second-order valence-electron chi connectivity index (χ2n) is 5.93. The molecular formula is C21H19Cl3N2O2. The summed E-state index contributed by atoms with van der Waals surface area (Å²) in [5.41, 5.74) is 1.69. The van der Waals surface area contributed by atoms with E-state index in [1.807, 2.05) is 30.3 Å². The fourth-order valence-corrected chi connectivity index (χ4v) is 3.23. The molecule has 0 amide bonds. The maximum atomic E-state index is 6.21. The first kappa shape index (κ1) is 20.7. The number of hydrogen-bond donors (Lipinski definition) is 1. The summed E-state index contributed by atoms with van der Waals surface area (Å²) in [6.07, 6.45) is 1.70. The fourth-order valence-electron chi connectivity index (χ4n) is 2.53. The Bertz CT molecular complexity index is 887. The number of nitrogens with zero attached hydrogens (tertiary/aromatic N) is 1. The van der Waals surface area contributed by atoms with Crippen molar-refractivity contribution in [3.8, 4) is 11.6 Å². The van der Waals surface area contributed by atoms with E-state index in [1.165, 1.54) is 0 Å². The second kappa shape index (κ2) is 10.5. The Morgan fingerprint density at radius 1 is 0.893 bits per heavy atom. The quantitative estimate of drug-likeness (QED) is 0.430. The van der Waals surface area contributed by atoms with Gasteiger partial charge in [0.15, 0.2) is 0 Å². The van der Waals surface area contributed by atoms with Gasteiger partial charge in [0.2, 0.25) is 5.88 Å². The van der Waals surface area contributed by atoms with E-state index in [0.29, 0.717) is 40.6 Å². The molecule has 7 heteroatoms. The predicted molar refractivity (Wildman–Crippen MR) is 114 cm³/mol. The van der Waals surface area contributed by atoms with E-state index in [9.17, 15) is 0 Å². The van der Waals surface area contributed by atoms with E-state index < -0.39 is 0 Å². The van der Waals surface area contributed by atoms with E-state index in [0.717, 1.165) is 16.9 Å². The lowest BCUT2D eigenvalue weighted by Crippen LogP contribution is -2.21. The molecule has 1 N–H and O–H groups in total. The molecule has 0 atom stereocenters. The summed E-state index contributed by atoms with van der Waals surface area (Å²) in [6.45, 7) is 2.01. The van der Waals surface area contributed by atoms with Crippen molar-refractivity contribution in [3.05, 3.63) is 87.0 Å². The number of nitrogens with one attached hydrogen (secondary N) is 1. The topological polar surface area (TPSA) is 43.4 Å². The molecule has 0 bridgehead atoms. The first-order valence-corrected chi connectivity index (χ1v) is 9.85. The van der Waals surface area contributed by atoms with Gasteiger partial charge in [-0.25, -0.2) is 4.98 Å². The molecule has 2 aromatic carbocycles. The van der Waals surface area contributed by atoms with Crippen LogP contribution in [0.1, 0.15) is 11.1 Å². The van der Waals surface area contributed by atoms with Crippen molar-refractivity contribution in [2.24, 2.45) is 0 Å². The van der Waals surface area contributed by atoms with Crippen LogP contribution in [0.25, 0.3) is 0 Å². The molecule has 0 saturated carbocycles. The van der Waals surface area contributed by atoms with E-state index in [-0.39, 0.29) is 6.61 Å². The molecule has 0 aliphatic rings. The molecule has 0 radical (unpaired) electrons. The first-order chi connectivity index (χ1) is 13.6. The van der Waals surface area contributed by atoms with Crippen LogP contribution in [0.15, 0.2) is 60.8 Å². The summed E-state index contributed by atoms with van der Waals surface area (Å²) in [5, 5.41) is 5.11. The highest BCUT2D eigenvalue weighted by atomic mass is 35.5. The zero-order valence-electron chi connectivity index (χ0n) is 15.0. The molecule has 3 rings (SSSR count). The monoisotopic (exact) mass is 436 g/mol. The van der Waals surface area contributed by atoms with Gasteiger partial charge in [-0.1, -0.05) is 46.9 Å². The lowest BCUT2D eigenvalue weighted by molar-refractivity contribution is 0.295. The van der Waals surface area contributed by atoms with Gasteiger partial charge in [-0.3, -0.25) is 0 Å². The normalized spacial score (nSPS) is 10.7. The van der Waals surface area contributed by atoms with E-state index in [4.69, 9.17) is 44.3 Å². The maximum Gasteiger partial charge on any atom is 0.213 e. The summed E-state index contributed by atoms with van der Waals surface area (Å²) >= 11 is 18.6. The third-order valence-electron chi connectivity index (χ3n) is 3.94. The van der Waals surface area contributed by atoms with Crippen molar-refractivity contribution < 1.29 is 9.47 Å². The molecule has 0 spiro atoms. The number of benzene rings is 2. The van der Waals surface area contributed by atoms with Gasteiger partial charge in [0.05, 0.1) is 0 Å². The Kier molecular flexibility index (Phi) is 7.80. The van der Waals surface area contributed by atoms with Crippen molar-refractivity contribution in [2.45, 2.75) is 13.2 Å². The molecule has 28 heavy (non-hydrogen) atoms. The number of ether oxygens (including phenoxy) is 2. The first-order valence-electron chi connectivity index (χ1n) is 8.72. The van der Waals surface area contributed by atoms with Crippen LogP contribution >= 0.6 is 34.8 Å². The molecule has 146 valence electrons. The molecule has 3 aromatic rings. The number of aromatic nitrogens is 1. The predicted octanol–water partition coefficient (Wildman–Crippen LogP) is 5.79. The van der Waals surface area contributed by atoms with Gasteiger partial charge in [0, 0.05) is 51.5 Å². The van der Waals surface area contributed by atoms with Gasteiger partial charge >= 0.3 is 0 Å². The van der Waals surface area contributed by atoms with Crippen molar-refractivity contribution in [2.75, 3.05) is 13.2 Å². The maximum absolute atomic E-state index is 6.21. The number of halogens is 3. The summed E-state index contributed by atoms with van der Waals surface area (Å²) in [4.78, 5) is 4.12. The van der Waals surface area contributed by atoms with Crippen LogP contribution < -0.4 is 14.8 Å². The molecule has 0 aliphatic heterocycles. The average molecular weight is 438 g/mol. The van der Waals surface area contributed by atoms with Crippen molar-refractivity contribution >= 4 is 34.8 Å². The fraction of sp³-hybridized carbons (Fsp3) is 0.190. The Morgan fingerprint density at radius 2 is 1.71 bits per heavy atom. The molecule has 0 saturated heterocycles. The van der Waals surface area contributed by atoms with E-state index >= 15 is 0 Å². The third-order valence-corrected chi connectivity index (χ3v) is 4.88. The van der Waals surface area contributed by atoms with Crippen LogP contribution in [0.2, 0.25) is 15.1 Å². The minimum absolute atomic E-state index is 0.274.